The minimum Gasteiger partial charge on any atom is -0.309 e. The lowest BCUT2D eigenvalue weighted by Gasteiger charge is -2.30. The highest BCUT2D eigenvalue weighted by Gasteiger charge is 2.26. The van der Waals surface area contributed by atoms with Crippen molar-refractivity contribution < 1.29 is 4.79 Å². The van der Waals surface area contributed by atoms with Crippen molar-refractivity contribution in [2.24, 2.45) is 0 Å². The maximum atomic E-state index is 12.4. The molecule has 1 unspecified atom stereocenters. The van der Waals surface area contributed by atoms with Gasteiger partial charge >= 0.3 is 0 Å². The molecule has 2 heterocycles. The molecular formula is C19H23N5O. The van der Waals surface area contributed by atoms with Gasteiger partial charge in [0, 0.05) is 11.1 Å². The van der Waals surface area contributed by atoms with E-state index in [1.54, 1.807) is 18.5 Å². The molecule has 1 N–H and O–H groups in total. The maximum Gasteiger partial charge on any atom is 0.256 e. The molecule has 1 atom stereocenters. The molecule has 6 heteroatoms. The Labute approximate surface area is 147 Å². The van der Waals surface area contributed by atoms with Gasteiger partial charge in [-0.1, -0.05) is 38.5 Å². The summed E-state index contributed by atoms with van der Waals surface area (Å²) in [5.74, 6) is 0.231. The van der Waals surface area contributed by atoms with Crippen molar-refractivity contribution in [1.82, 2.24) is 19.5 Å². The van der Waals surface area contributed by atoms with Gasteiger partial charge in [-0.05, 0) is 31.9 Å². The molecule has 3 aromatic rings. The molecule has 0 saturated heterocycles. The molecule has 0 aliphatic heterocycles. The number of amides is 1. The molecule has 0 radical (unpaired) electrons. The smallest absolute Gasteiger partial charge is 0.256 e. The van der Waals surface area contributed by atoms with Crippen LogP contribution >= 0.6 is 0 Å². The predicted octanol–water partition coefficient (Wildman–Crippen LogP) is 4.00. The first-order valence-corrected chi connectivity index (χ1v) is 8.64. The Morgan fingerprint density at radius 2 is 1.92 bits per heavy atom. The van der Waals surface area contributed by atoms with Crippen LogP contribution in [0.4, 0.5) is 5.82 Å². The van der Waals surface area contributed by atoms with Crippen LogP contribution in [0.15, 0.2) is 43.0 Å². The molecule has 2 aromatic heterocycles. The van der Waals surface area contributed by atoms with Crippen LogP contribution in [0.5, 0.6) is 0 Å². The number of aromatic nitrogens is 4. The van der Waals surface area contributed by atoms with E-state index in [4.69, 9.17) is 0 Å². The highest BCUT2D eigenvalue weighted by molar-refractivity contribution is 6.06. The molecule has 0 spiro atoms. The summed E-state index contributed by atoms with van der Waals surface area (Å²) in [7, 11) is 0. The van der Waals surface area contributed by atoms with Crippen LogP contribution in [0.3, 0.4) is 0 Å². The molecule has 0 bridgehead atoms. The van der Waals surface area contributed by atoms with Gasteiger partial charge in [0.25, 0.3) is 5.91 Å². The summed E-state index contributed by atoms with van der Waals surface area (Å²) >= 11 is 0. The van der Waals surface area contributed by atoms with E-state index in [0.717, 1.165) is 24.9 Å². The number of rotatable bonds is 6. The third kappa shape index (κ3) is 3.24. The van der Waals surface area contributed by atoms with Crippen molar-refractivity contribution in [2.45, 2.75) is 45.6 Å². The SMILES string of the molecule is CCCC(C)(CC)n1cnc2c(NC(=O)c3ccccc3)ncnc21. The van der Waals surface area contributed by atoms with Gasteiger partial charge in [-0.25, -0.2) is 15.0 Å². The Morgan fingerprint density at radius 3 is 2.60 bits per heavy atom. The van der Waals surface area contributed by atoms with Crippen LogP contribution in [-0.4, -0.2) is 25.4 Å². The molecular weight excluding hydrogens is 314 g/mol. The van der Waals surface area contributed by atoms with Gasteiger partial charge in [0.15, 0.2) is 17.0 Å². The predicted molar refractivity (Wildman–Crippen MR) is 98.6 cm³/mol. The lowest BCUT2D eigenvalue weighted by atomic mass is 9.93. The van der Waals surface area contributed by atoms with E-state index in [1.807, 2.05) is 18.2 Å². The van der Waals surface area contributed by atoms with Crippen LogP contribution in [0.2, 0.25) is 0 Å². The number of hydrogen-bond acceptors (Lipinski definition) is 4. The second kappa shape index (κ2) is 7.01. The number of imidazole rings is 1. The Balaban J connectivity index is 1.98. The fourth-order valence-corrected chi connectivity index (χ4v) is 3.10. The summed E-state index contributed by atoms with van der Waals surface area (Å²) in [6, 6.07) is 9.07. The number of carbonyl (C=O) groups is 1. The van der Waals surface area contributed by atoms with E-state index in [-0.39, 0.29) is 11.4 Å². The molecule has 0 saturated carbocycles. The zero-order valence-corrected chi connectivity index (χ0v) is 14.9. The molecule has 1 aromatic carbocycles. The van der Waals surface area contributed by atoms with Crippen molar-refractivity contribution in [3.63, 3.8) is 0 Å². The summed E-state index contributed by atoms with van der Waals surface area (Å²) in [6.45, 7) is 6.55. The lowest BCUT2D eigenvalue weighted by Crippen LogP contribution is -2.28. The van der Waals surface area contributed by atoms with Gasteiger partial charge in [0.05, 0.1) is 6.33 Å². The Morgan fingerprint density at radius 1 is 1.16 bits per heavy atom. The van der Waals surface area contributed by atoms with Crippen LogP contribution in [0.25, 0.3) is 11.2 Å². The molecule has 25 heavy (non-hydrogen) atoms. The van der Waals surface area contributed by atoms with Gasteiger partial charge in [-0.15, -0.1) is 0 Å². The van der Waals surface area contributed by atoms with Gasteiger partial charge in [-0.2, -0.15) is 0 Å². The summed E-state index contributed by atoms with van der Waals surface area (Å²) in [4.78, 5) is 25.5. The highest BCUT2D eigenvalue weighted by atomic mass is 16.1. The van der Waals surface area contributed by atoms with Crippen LogP contribution in [0.1, 0.15) is 50.4 Å². The molecule has 1 amide bonds. The second-order valence-electron chi connectivity index (χ2n) is 6.43. The average molecular weight is 337 g/mol. The minimum absolute atomic E-state index is 0.0570. The Bertz CT molecular complexity index is 874. The molecule has 0 aliphatic carbocycles. The van der Waals surface area contributed by atoms with E-state index in [2.05, 4.69) is 45.6 Å². The number of nitrogens with zero attached hydrogens (tertiary/aromatic N) is 4. The average Bonchev–Trinajstić information content (AvgIpc) is 3.08. The lowest BCUT2D eigenvalue weighted by molar-refractivity contribution is 0.102. The fraction of sp³-hybridized carbons (Fsp3) is 0.368. The largest absolute Gasteiger partial charge is 0.309 e. The van der Waals surface area contributed by atoms with Crippen molar-refractivity contribution in [1.29, 1.82) is 0 Å². The number of fused-ring (bicyclic) bond motifs is 1. The minimum atomic E-state index is -0.207. The summed E-state index contributed by atoms with van der Waals surface area (Å²) < 4.78 is 2.10. The zero-order valence-electron chi connectivity index (χ0n) is 14.9. The Kier molecular flexibility index (Phi) is 4.79. The van der Waals surface area contributed by atoms with E-state index < -0.39 is 0 Å². The van der Waals surface area contributed by atoms with Gasteiger partial charge in [0.2, 0.25) is 0 Å². The van der Waals surface area contributed by atoms with E-state index in [1.165, 1.54) is 6.33 Å². The first-order valence-electron chi connectivity index (χ1n) is 8.64. The first-order chi connectivity index (χ1) is 12.1. The number of carbonyl (C=O) groups excluding carboxylic acids is 1. The van der Waals surface area contributed by atoms with Gasteiger partial charge < -0.3 is 9.88 Å². The summed E-state index contributed by atoms with van der Waals surface area (Å²) in [6.07, 6.45) is 6.36. The standard InChI is InChI=1S/C19H23N5O/c1-4-11-19(3,5-2)24-13-22-15-16(20-12-21-17(15)24)23-18(25)14-9-7-6-8-10-14/h6-10,12-13H,4-5,11H2,1-3H3,(H,20,21,23,25). The van der Waals surface area contributed by atoms with Crippen molar-refractivity contribution >= 4 is 22.9 Å². The maximum absolute atomic E-state index is 12.4. The van der Waals surface area contributed by atoms with Gasteiger partial charge in [0.1, 0.15) is 6.33 Å². The third-order valence-corrected chi connectivity index (χ3v) is 4.73. The fourth-order valence-electron chi connectivity index (χ4n) is 3.10. The second-order valence-corrected chi connectivity index (χ2v) is 6.43. The summed E-state index contributed by atoms with van der Waals surface area (Å²) in [5.41, 5.74) is 1.88. The quantitative estimate of drug-likeness (QED) is 0.738. The van der Waals surface area contributed by atoms with E-state index >= 15 is 0 Å². The number of hydrogen-bond donors (Lipinski definition) is 1. The van der Waals surface area contributed by atoms with Gasteiger partial charge in [-0.3, -0.25) is 4.79 Å². The molecule has 0 aliphatic rings. The van der Waals surface area contributed by atoms with Crippen molar-refractivity contribution in [2.75, 3.05) is 5.32 Å². The van der Waals surface area contributed by atoms with Crippen LogP contribution < -0.4 is 5.32 Å². The molecule has 6 nitrogen and oxygen atoms in total. The van der Waals surface area contributed by atoms with Crippen LogP contribution in [0, 0.1) is 0 Å². The normalized spacial score (nSPS) is 13.6. The highest BCUT2D eigenvalue weighted by Crippen LogP contribution is 2.30. The van der Waals surface area contributed by atoms with E-state index in [0.29, 0.717) is 16.9 Å². The van der Waals surface area contributed by atoms with E-state index in [9.17, 15) is 4.79 Å². The van der Waals surface area contributed by atoms with Crippen molar-refractivity contribution in [3.8, 4) is 0 Å². The Hall–Kier alpha value is -2.76. The third-order valence-electron chi connectivity index (χ3n) is 4.73. The monoisotopic (exact) mass is 337 g/mol. The molecule has 130 valence electrons. The van der Waals surface area contributed by atoms with Crippen LogP contribution in [-0.2, 0) is 5.54 Å². The topological polar surface area (TPSA) is 72.7 Å². The number of benzene rings is 1. The number of nitrogens with one attached hydrogen (secondary N) is 1. The zero-order chi connectivity index (χ0) is 17.9. The van der Waals surface area contributed by atoms with Crippen molar-refractivity contribution in [3.05, 3.63) is 48.5 Å². The molecule has 3 rings (SSSR count). The summed E-state index contributed by atoms with van der Waals surface area (Å²) in [5, 5.41) is 2.85. The molecule has 0 fully saturated rings. The first kappa shape index (κ1) is 17.1. The number of anilines is 1.